The first kappa shape index (κ1) is 21.1. The highest BCUT2D eigenvalue weighted by atomic mass is 32.2. The molecular formula is C20H21NO6S2. The Balaban J connectivity index is 2.07. The fourth-order valence-electron chi connectivity index (χ4n) is 2.81. The number of rotatable bonds is 8. The minimum atomic E-state index is -4.15. The van der Waals surface area contributed by atoms with Gasteiger partial charge in [-0.1, -0.05) is 24.7 Å². The molecule has 29 heavy (non-hydrogen) atoms. The second kappa shape index (κ2) is 8.79. The molecule has 0 aliphatic carbocycles. The lowest BCUT2D eigenvalue weighted by Gasteiger charge is -2.23. The van der Waals surface area contributed by atoms with Crippen LogP contribution in [0.5, 0.6) is 5.75 Å². The number of carbonyl (C=O) groups excluding carboxylic acids is 1. The van der Waals surface area contributed by atoms with Crippen LogP contribution in [0.2, 0.25) is 0 Å². The summed E-state index contributed by atoms with van der Waals surface area (Å²) < 4.78 is 38.3. The zero-order valence-electron chi connectivity index (χ0n) is 16.1. The van der Waals surface area contributed by atoms with Crippen LogP contribution in [0.3, 0.4) is 0 Å². The molecule has 0 fully saturated rings. The molecule has 0 spiro atoms. The molecule has 0 aliphatic rings. The van der Waals surface area contributed by atoms with Crippen molar-refractivity contribution in [1.82, 2.24) is 0 Å². The van der Waals surface area contributed by atoms with Crippen molar-refractivity contribution in [2.24, 2.45) is 0 Å². The van der Waals surface area contributed by atoms with Gasteiger partial charge in [-0.25, -0.2) is 17.5 Å². The molecule has 0 N–H and O–H groups in total. The summed E-state index contributed by atoms with van der Waals surface area (Å²) in [6.45, 7) is 4.22. The summed E-state index contributed by atoms with van der Waals surface area (Å²) >= 11 is 0.856. The van der Waals surface area contributed by atoms with E-state index >= 15 is 0 Å². The highest BCUT2D eigenvalue weighted by molar-refractivity contribution is 7.93. The van der Waals surface area contributed by atoms with E-state index in [4.69, 9.17) is 9.15 Å². The Labute approximate surface area is 172 Å². The standard InChI is InChI=1S/C20H21NO6S2/c1-3-5-6-19(22)21(14-7-12-17-18(13-14)28-20(23)27-17)29(24,25)16-10-8-15(9-11-16)26-4-2/h7-13H,3-6H2,1-2H3. The quantitative estimate of drug-likeness (QED) is 0.527. The monoisotopic (exact) mass is 435 g/mol. The maximum atomic E-state index is 13.3. The van der Waals surface area contributed by atoms with E-state index in [2.05, 4.69) is 0 Å². The molecule has 0 unspecified atom stereocenters. The summed E-state index contributed by atoms with van der Waals surface area (Å²) in [7, 11) is -4.15. The van der Waals surface area contributed by atoms with Crippen LogP contribution in [0.4, 0.5) is 5.69 Å². The smallest absolute Gasteiger partial charge is 0.396 e. The molecule has 7 nitrogen and oxygen atoms in total. The zero-order chi connectivity index (χ0) is 21.0. The fraction of sp³-hybridized carbons (Fsp3) is 0.300. The van der Waals surface area contributed by atoms with Crippen molar-refractivity contribution in [3.63, 3.8) is 0 Å². The van der Waals surface area contributed by atoms with Gasteiger partial charge in [0.15, 0.2) is 0 Å². The molecule has 0 radical (unpaired) electrons. The number of anilines is 1. The number of hydrogen-bond acceptors (Lipinski definition) is 7. The Morgan fingerprint density at radius 3 is 2.52 bits per heavy atom. The Morgan fingerprint density at radius 1 is 1.14 bits per heavy atom. The third-order valence-electron chi connectivity index (χ3n) is 4.19. The molecule has 0 saturated heterocycles. The number of unbranched alkanes of at least 4 members (excludes halogenated alkanes) is 1. The lowest BCUT2D eigenvalue weighted by molar-refractivity contribution is -0.117. The Bertz CT molecular complexity index is 1160. The highest BCUT2D eigenvalue weighted by Crippen LogP contribution is 2.30. The van der Waals surface area contributed by atoms with E-state index < -0.39 is 20.9 Å². The van der Waals surface area contributed by atoms with Crippen LogP contribution < -0.4 is 14.0 Å². The molecule has 0 bridgehead atoms. The van der Waals surface area contributed by atoms with Gasteiger partial charge in [0.25, 0.3) is 10.0 Å². The van der Waals surface area contributed by atoms with E-state index in [1.165, 1.54) is 30.3 Å². The first-order valence-corrected chi connectivity index (χ1v) is 11.5. The van der Waals surface area contributed by atoms with Gasteiger partial charge < -0.3 is 9.15 Å². The number of ether oxygens (including phenoxy) is 1. The molecular weight excluding hydrogens is 414 g/mol. The van der Waals surface area contributed by atoms with E-state index in [9.17, 15) is 18.0 Å². The van der Waals surface area contributed by atoms with E-state index in [-0.39, 0.29) is 17.0 Å². The van der Waals surface area contributed by atoms with Gasteiger partial charge in [-0.05, 0) is 55.8 Å². The summed E-state index contributed by atoms with van der Waals surface area (Å²) in [6.07, 6.45) is 1.41. The topological polar surface area (TPSA) is 93.9 Å². The maximum absolute atomic E-state index is 13.3. The lowest BCUT2D eigenvalue weighted by atomic mass is 10.2. The Kier molecular flexibility index (Phi) is 6.39. The number of benzene rings is 2. The van der Waals surface area contributed by atoms with Gasteiger partial charge >= 0.3 is 4.94 Å². The van der Waals surface area contributed by atoms with Gasteiger partial charge in [0, 0.05) is 6.42 Å². The summed E-state index contributed by atoms with van der Waals surface area (Å²) in [4.78, 5) is 23.9. The normalized spacial score (nSPS) is 11.5. The van der Waals surface area contributed by atoms with Crippen LogP contribution in [-0.2, 0) is 14.8 Å². The molecule has 0 saturated carbocycles. The van der Waals surface area contributed by atoms with Crippen LogP contribution in [0.1, 0.15) is 33.1 Å². The summed E-state index contributed by atoms with van der Waals surface area (Å²) in [6, 6.07) is 10.4. The Morgan fingerprint density at radius 2 is 1.86 bits per heavy atom. The van der Waals surface area contributed by atoms with Crippen molar-refractivity contribution in [3.05, 3.63) is 52.2 Å². The van der Waals surface area contributed by atoms with Gasteiger partial charge in [0.05, 0.1) is 21.9 Å². The number of hydrogen-bond donors (Lipinski definition) is 0. The van der Waals surface area contributed by atoms with Crippen LogP contribution in [-0.4, -0.2) is 20.9 Å². The van der Waals surface area contributed by atoms with E-state index in [1.807, 2.05) is 13.8 Å². The second-order valence-corrected chi connectivity index (χ2v) is 9.02. The van der Waals surface area contributed by atoms with Crippen LogP contribution in [0.25, 0.3) is 10.3 Å². The number of fused-ring (bicyclic) bond motifs is 1. The Hall–Kier alpha value is -2.65. The summed E-state index contributed by atoms with van der Waals surface area (Å²) in [5.74, 6) is 0.0100. The molecule has 1 aromatic heterocycles. The van der Waals surface area contributed by atoms with Crippen molar-refractivity contribution >= 4 is 43.2 Å². The average molecular weight is 436 g/mol. The highest BCUT2D eigenvalue weighted by Gasteiger charge is 2.31. The van der Waals surface area contributed by atoms with Gasteiger partial charge in [-0.2, -0.15) is 0 Å². The molecule has 154 valence electrons. The predicted octanol–water partition coefficient (Wildman–Crippen LogP) is 4.17. The number of amides is 1. The number of carbonyl (C=O) groups is 1. The van der Waals surface area contributed by atoms with Crippen molar-refractivity contribution in [1.29, 1.82) is 0 Å². The zero-order valence-corrected chi connectivity index (χ0v) is 17.7. The van der Waals surface area contributed by atoms with Crippen LogP contribution >= 0.6 is 11.3 Å². The molecule has 0 aliphatic heterocycles. The van der Waals surface area contributed by atoms with Crippen LogP contribution in [0.15, 0.2) is 56.6 Å². The summed E-state index contributed by atoms with van der Waals surface area (Å²) in [5, 5.41) is 0. The lowest BCUT2D eigenvalue weighted by Crippen LogP contribution is -2.36. The summed E-state index contributed by atoms with van der Waals surface area (Å²) in [5.41, 5.74) is 0.521. The SMILES string of the molecule is CCCCC(=O)N(c1ccc2oc(=O)sc2c1)S(=O)(=O)c1ccc(OCC)cc1. The molecule has 0 atom stereocenters. The largest absolute Gasteiger partial charge is 0.494 e. The average Bonchev–Trinajstić information content (AvgIpc) is 3.06. The minimum Gasteiger partial charge on any atom is -0.494 e. The molecule has 3 aromatic rings. The van der Waals surface area contributed by atoms with Crippen molar-refractivity contribution in [2.45, 2.75) is 38.0 Å². The predicted molar refractivity (Wildman–Crippen MR) is 112 cm³/mol. The molecule has 3 rings (SSSR count). The fourth-order valence-corrected chi connectivity index (χ4v) is 4.96. The third-order valence-corrected chi connectivity index (χ3v) is 6.74. The maximum Gasteiger partial charge on any atom is 0.396 e. The number of sulfonamides is 1. The van der Waals surface area contributed by atoms with E-state index in [1.54, 1.807) is 12.1 Å². The van der Waals surface area contributed by atoms with Crippen molar-refractivity contribution in [3.8, 4) is 5.75 Å². The van der Waals surface area contributed by atoms with E-state index in [0.29, 0.717) is 29.1 Å². The molecule has 1 heterocycles. The van der Waals surface area contributed by atoms with E-state index in [0.717, 1.165) is 22.1 Å². The molecule has 9 heteroatoms. The molecule has 1 amide bonds. The van der Waals surface area contributed by atoms with Gasteiger partial charge in [-0.15, -0.1) is 0 Å². The first-order chi connectivity index (χ1) is 13.9. The first-order valence-electron chi connectivity index (χ1n) is 9.21. The van der Waals surface area contributed by atoms with Crippen molar-refractivity contribution < 1.29 is 22.4 Å². The van der Waals surface area contributed by atoms with Gasteiger partial charge in [0.2, 0.25) is 5.91 Å². The minimum absolute atomic E-state index is 0.0220. The third kappa shape index (κ3) is 4.51. The van der Waals surface area contributed by atoms with Crippen molar-refractivity contribution in [2.75, 3.05) is 10.9 Å². The van der Waals surface area contributed by atoms with Gasteiger partial charge in [-0.3, -0.25) is 4.79 Å². The number of nitrogens with zero attached hydrogens (tertiary/aromatic N) is 1. The van der Waals surface area contributed by atoms with Gasteiger partial charge in [0.1, 0.15) is 11.3 Å². The second-order valence-electron chi connectivity index (χ2n) is 6.26. The van der Waals surface area contributed by atoms with Crippen LogP contribution in [0, 0.1) is 0 Å². The molecule has 2 aromatic carbocycles.